The smallest absolute Gasteiger partial charge is 0.338 e. The van der Waals surface area contributed by atoms with Crippen molar-refractivity contribution in [2.24, 2.45) is 0 Å². The van der Waals surface area contributed by atoms with Crippen LogP contribution in [0.3, 0.4) is 0 Å². The van der Waals surface area contributed by atoms with Crippen molar-refractivity contribution in [3.63, 3.8) is 0 Å². The van der Waals surface area contributed by atoms with Crippen LogP contribution < -0.4 is 4.74 Å². The highest BCUT2D eigenvalue weighted by atomic mass is 16.7. The van der Waals surface area contributed by atoms with E-state index in [0.717, 1.165) is 0 Å². The van der Waals surface area contributed by atoms with E-state index >= 15 is 0 Å². The van der Waals surface area contributed by atoms with Crippen LogP contribution in [-0.2, 0) is 38.1 Å². The quantitative estimate of drug-likeness (QED) is 0.447. The zero-order valence-electron chi connectivity index (χ0n) is 17.1. The monoisotopic (exact) mass is 424 g/mol. The number of rotatable bonds is 8. The lowest BCUT2D eigenvalue weighted by Gasteiger charge is -2.23. The lowest BCUT2D eigenvalue weighted by molar-refractivity contribution is -0.170. The Morgan fingerprint density at radius 2 is 1.60 bits per heavy atom. The van der Waals surface area contributed by atoms with Crippen LogP contribution in [0.1, 0.15) is 38.1 Å². The van der Waals surface area contributed by atoms with Gasteiger partial charge in [-0.1, -0.05) is 6.07 Å². The zero-order valence-corrected chi connectivity index (χ0v) is 17.1. The summed E-state index contributed by atoms with van der Waals surface area (Å²) in [5.74, 6) is -2.15. The van der Waals surface area contributed by atoms with Gasteiger partial charge in [-0.2, -0.15) is 0 Å². The number of carbonyl (C=O) groups is 4. The fourth-order valence-electron chi connectivity index (χ4n) is 2.82. The van der Waals surface area contributed by atoms with E-state index in [4.69, 9.17) is 28.4 Å². The molecular weight excluding hydrogens is 400 g/mol. The fraction of sp³-hybridized carbons (Fsp3) is 0.500. The van der Waals surface area contributed by atoms with Crippen LogP contribution in [0.2, 0.25) is 0 Å². The van der Waals surface area contributed by atoms with E-state index in [-0.39, 0.29) is 24.5 Å². The summed E-state index contributed by atoms with van der Waals surface area (Å²) < 4.78 is 31.9. The van der Waals surface area contributed by atoms with Crippen molar-refractivity contribution in [2.75, 3.05) is 13.2 Å². The van der Waals surface area contributed by atoms with Crippen molar-refractivity contribution in [1.29, 1.82) is 0 Å². The molecule has 1 saturated heterocycles. The minimum atomic E-state index is -1.18. The van der Waals surface area contributed by atoms with Crippen LogP contribution in [0.5, 0.6) is 5.75 Å². The summed E-state index contributed by atoms with van der Waals surface area (Å²) >= 11 is 0. The van der Waals surface area contributed by atoms with Gasteiger partial charge in [0.05, 0.1) is 12.2 Å². The molecule has 30 heavy (non-hydrogen) atoms. The molecule has 0 bridgehead atoms. The summed E-state index contributed by atoms with van der Waals surface area (Å²) in [6.07, 6.45) is -4.31. The largest absolute Gasteiger partial charge is 0.463 e. The zero-order chi connectivity index (χ0) is 22.3. The van der Waals surface area contributed by atoms with E-state index in [1.165, 1.54) is 26.8 Å². The Bertz CT molecular complexity index is 790. The SMILES string of the molecule is CCOC(=O)c1cccc(O[C@@H]2O[C@H](COC(C)=O)[C@H](OC(C)=O)[C@H]2OC(C)=O)c1. The topological polar surface area (TPSA) is 124 Å². The molecule has 1 fully saturated rings. The number of hydrogen-bond acceptors (Lipinski definition) is 10. The second-order valence-corrected chi connectivity index (χ2v) is 6.36. The molecule has 10 heteroatoms. The van der Waals surface area contributed by atoms with Gasteiger partial charge in [-0.05, 0) is 25.1 Å². The second-order valence-electron chi connectivity index (χ2n) is 6.36. The molecule has 0 spiro atoms. The molecule has 1 aliphatic rings. The number of hydrogen-bond donors (Lipinski definition) is 0. The first-order valence-corrected chi connectivity index (χ1v) is 9.28. The first-order valence-electron chi connectivity index (χ1n) is 9.28. The Morgan fingerprint density at radius 1 is 0.933 bits per heavy atom. The van der Waals surface area contributed by atoms with Crippen LogP contribution in [0.4, 0.5) is 0 Å². The molecule has 1 aromatic rings. The molecule has 0 radical (unpaired) electrons. The molecular formula is C20H24O10. The first kappa shape index (κ1) is 23.1. The van der Waals surface area contributed by atoms with Crippen molar-refractivity contribution >= 4 is 23.9 Å². The maximum absolute atomic E-state index is 11.9. The molecule has 0 aliphatic carbocycles. The highest BCUT2D eigenvalue weighted by molar-refractivity contribution is 5.89. The maximum atomic E-state index is 11.9. The van der Waals surface area contributed by atoms with Crippen LogP contribution in [0.25, 0.3) is 0 Å². The van der Waals surface area contributed by atoms with E-state index in [1.807, 2.05) is 0 Å². The van der Waals surface area contributed by atoms with Crippen molar-refractivity contribution in [3.05, 3.63) is 29.8 Å². The number of esters is 4. The number of carbonyl (C=O) groups excluding carboxylic acids is 4. The van der Waals surface area contributed by atoms with Gasteiger partial charge < -0.3 is 28.4 Å². The molecule has 1 heterocycles. The van der Waals surface area contributed by atoms with Crippen molar-refractivity contribution in [2.45, 2.75) is 52.3 Å². The lowest BCUT2D eigenvalue weighted by atomic mass is 10.1. The van der Waals surface area contributed by atoms with Gasteiger partial charge in [0.2, 0.25) is 12.4 Å². The van der Waals surface area contributed by atoms with Crippen LogP contribution >= 0.6 is 0 Å². The van der Waals surface area contributed by atoms with E-state index in [2.05, 4.69) is 0 Å². The Labute approximate surface area is 173 Å². The average molecular weight is 424 g/mol. The summed E-state index contributed by atoms with van der Waals surface area (Å²) in [6, 6.07) is 6.13. The third kappa shape index (κ3) is 6.45. The van der Waals surface area contributed by atoms with Gasteiger partial charge in [-0.15, -0.1) is 0 Å². The molecule has 4 atom stereocenters. The first-order chi connectivity index (χ1) is 14.2. The lowest BCUT2D eigenvalue weighted by Crippen LogP contribution is -2.42. The highest BCUT2D eigenvalue weighted by Crippen LogP contribution is 2.30. The van der Waals surface area contributed by atoms with Gasteiger partial charge in [0, 0.05) is 20.8 Å². The highest BCUT2D eigenvalue weighted by Gasteiger charge is 2.51. The maximum Gasteiger partial charge on any atom is 0.338 e. The summed E-state index contributed by atoms with van der Waals surface area (Å²) in [4.78, 5) is 46.2. The number of ether oxygens (including phenoxy) is 6. The van der Waals surface area contributed by atoms with Crippen LogP contribution in [0, 0.1) is 0 Å². The Kier molecular flexibility index (Phi) is 8.16. The molecule has 0 saturated carbocycles. The van der Waals surface area contributed by atoms with Gasteiger partial charge in [0.25, 0.3) is 0 Å². The molecule has 10 nitrogen and oxygen atoms in total. The molecule has 164 valence electrons. The normalized spacial score (nSPS) is 22.7. The summed E-state index contributed by atoms with van der Waals surface area (Å²) in [7, 11) is 0. The van der Waals surface area contributed by atoms with Gasteiger partial charge >= 0.3 is 23.9 Å². The predicted octanol–water partition coefficient (Wildman–Crippen LogP) is 1.39. The van der Waals surface area contributed by atoms with Crippen LogP contribution in [0.15, 0.2) is 24.3 Å². The molecule has 1 aromatic carbocycles. The molecule has 0 aromatic heterocycles. The van der Waals surface area contributed by atoms with Gasteiger partial charge in [0.15, 0.2) is 6.10 Å². The molecule has 2 rings (SSSR count). The minimum Gasteiger partial charge on any atom is -0.463 e. The fourth-order valence-corrected chi connectivity index (χ4v) is 2.82. The van der Waals surface area contributed by atoms with E-state index < -0.39 is 48.5 Å². The van der Waals surface area contributed by atoms with Gasteiger partial charge in [-0.3, -0.25) is 14.4 Å². The third-order valence-corrected chi connectivity index (χ3v) is 3.92. The van der Waals surface area contributed by atoms with Crippen molar-refractivity contribution < 1.29 is 47.6 Å². The Hall–Kier alpha value is -3.14. The molecule has 0 amide bonds. The molecule has 1 aliphatic heterocycles. The summed E-state index contributed by atoms with van der Waals surface area (Å²) in [5.41, 5.74) is 0.254. The second kappa shape index (κ2) is 10.6. The molecule has 0 N–H and O–H groups in total. The van der Waals surface area contributed by atoms with E-state index in [0.29, 0.717) is 0 Å². The summed E-state index contributed by atoms with van der Waals surface area (Å²) in [5, 5.41) is 0. The van der Waals surface area contributed by atoms with Crippen LogP contribution in [-0.4, -0.2) is 61.7 Å². The third-order valence-electron chi connectivity index (χ3n) is 3.92. The molecule has 0 unspecified atom stereocenters. The Morgan fingerprint density at radius 3 is 2.20 bits per heavy atom. The van der Waals surface area contributed by atoms with Gasteiger partial charge in [0.1, 0.15) is 18.5 Å². The van der Waals surface area contributed by atoms with Crippen molar-refractivity contribution in [3.8, 4) is 5.75 Å². The van der Waals surface area contributed by atoms with Crippen molar-refractivity contribution in [1.82, 2.24) is 0 Å². The van der Waals surface area contributed by atoms with E-state index in [9.17, 15) is 19.2 Å². The Balaban J connectivity index is 2.25. The van der Waals surface area contributed by atoms with Gasteiger partial charge in [-0.25, -0.2) is 4.79 Å². The predicted molar refractivity (Wildman–Crippen MR) is 99.4 cm³/mol. The van der Waals surface area contributed by atoms with E-state index in [1.54, 1.807) is 25.1 Å². The standard InChI is InChI=1S/C20H24O10/c1-5-25-19(24)14-7-6-8-15(9-14)29-20-18(28-13(4)23)17(27-12(3)22)16(30-20)10-26-11(2)21/h6-9,16-18,20H,5,10H2,1-4H3/t16-,17+,18-,20-/m1/s1. The number of benzene rings is 1. The average Bonchev–Trinajstić information content (AvgIpc) is 2.96. The minimum absolute atomic E-state index is 0.214. The summed E-state index contributed by atoms with van der Waals surface area (Å²) in [6.45, 7) is 5.24.